The van der Waals surface area contributed by atoms with Crippen LogP contribution in [0.3, 0.4) is 0 Å². The first-order valence-corrected chi connectivity index (χ1v) is 14.6. The number of piperidine rings is 1. The zero-order valence-corrected chi connectivity index (χ0v) is 22.9. The molecule has 8 heteroatoms. The van der Waals surface area contributed by atoms with E-state index in [0.29, 0.717) is 17.8 Å². The van der Waals surface area contributed by atoms with E-state index in [4.69, 9.17) is 0 Å². The van der Waals surface area contributed by atoms with Crippen LogP contribution in [0.25, 0.3) is 0 Å². The van der Waals surface area contributed by atoms with Gasteiger partial charge in [0.15, 0.2) is 0 Å². The minimum Gasteiger partial charge on any atom is -0.337 e. The highest BCUT2D eigenvalue weighted by Crippen LogP contribution is 2.38. The van der Waals surface area contributed by atoms with E-state index in [0.717, 1.165) is 58.7 Å². The second-order valence-corrected chi connectivity index (χ2v) is 13.0. The minimum atomic E-state index is -0.168. The van der Waals surface area contributed by atoms with Crippen LogP contribution in [0.15, 0.2) is 55.4 Å². The van der Waals surface area contributed by atoms with Gasteiger partial charge in [0, 0.05) is 30.0 Å². The van der Waals surface area contributed by atoms with Gasteiger partial charge in [-0.05, 0) is 116 Å². The lowest BCUT2D eigenvalue weighted by Crippen LogP contribution is -2.38. The Morgan fingerprint density at radius 2 is 1.82 bits per heavy atom. The van der Waals surface area contributed by atoms with Gasteiger partial charge >= 0.3 is 0 Å². The molecule has 3 nitrogen and oxygen atoms in total. The van der Waals surface area contributed by atoms with Crippen molar-refractivity contribution < 1.29 is 9.18 Å². The number of carbonyl (C=O) groups is 1. The van der Waals surface area contributed by atoms with Crippen LogP contribution in [0.4, 0.5) is 4.39 Å². The van der Waals surface area contributed by atoms with Gasteiger partial charge in [0.1, 0.15) is 5.82 Å². The largest absolute Gasteiger partial charge is 0.337 e. The van der Waals surface area contributed by atoms with E-state index in [2.05, 4.69) is 53.6 Å². The molecule has 5 rings (SSSR count). The molecule has 2 fully saturated rings. The highest BCUT2D eigenvalue weighted by molar-refractivity contribution is 9.13. The van der Waals surface area contributed by atoms with Gasteiger partial charge in [-0.15, -0.1) is 11.3 Å². The normalized spacial score (nSPS) is 22.2. The van der Waals surface area contributed by atoms with Crippen LogP contribution < -0.4 is 0 Å². The molecule has 2 unspecified atom stereocenters. The molecule has 2 aliphatic rings. The van der Waals surface area contributed by atoms with E-state index in [1.807, 2.05) is 23.1 Å². The number of hydrogen-bond acceptors (Lipinski definition) is 4. The molecular weight excluding hydrogens is 587 g/mol. The van der Waals surface area contributed by atoms with Crippen LogP contribution in [0.2, 0.25) is 0 Å². The summed E-state index contributed by atoms with van der Waals surface area (Å²) < 4.78 is 15.2. The Hall–Kier alpha value is -1.06. The fourth-order valence-corrected chi connectivity index (χ4v) is 7.94. The number of amides is 1. The minimum absolute atomic E-state index is 0.129. The number of benzene rings is 1. The average Bonchev–Trinajstić information content (AvgIpc) is 3.55. The van der Waals surface area contributed by atoms with Crippen LogP contribution in [0.5, 0.6) is 0 Å². The number of halogens is 3. The smallest absolute Gasteiger partial charge is 0.264 e. The van der Waals surface area contributed by atoms with Crippen molar-refractivity contribution in [2.45, 2.75) is 24.7 Å². The summed E-state index contributed by atoms with van der Waals surface area (Å²) in [5.74, 6) is 1.27. The van der Waals surface area contributed by atoms with Gasteiger partial charge in [-0.25, -0.2) is 4.39 Å². The molecule has 2 saturated heterocycles. The Labute approximate surface area is 218 Å². The molecule has 0 spiro atoms. The van der Waals surface area contributed by atoms with Gasteiger partial charge in [-0.3, -0.25) is 4.79 Å². The standard InChI is InChI=1S/C25H25Br2FN2OS2/c26-22-11-23(33-24(22)27)25(31)30-13-19(21(14-30)18-7-10-32-15-18)12-29-8-5-17(6-9-29)16-1-3-20(28)4-2-16/h1-4,7,10-11,15,17,19,21H,5-6,8-9,12-14H2. The summed E-state index contributed by atoms with van der Waals surface area (Å²) in [5.41, 5.74) is 2.60. The molecular formula is C25H25Br2FN2OS2. The molecule has 4 heterocycles. The van der Waals surface area contributed by atoms with Crippen LogP contribution in [0.1, 0.15) is 45.5 Å². The number of likely N-dealkylation sites (tertiary alicyclic amines) is 2. The maximum atomic E-state index is 13.3. The highest BCUT2D eigenvalue weighted by atomic mass is 79.9. The summed E-state index contributed by atoms with van der Waals surface area (Å²) in [5, 5.41) is 4.38. The van der Waals surface area contributed by atoms with Crippen LogP contribution in [0, 0.1) is 11.7 Å². The number of carbonyl (C=O) groups excluding carboxylic acids is 1. The first-order chi connectivity index (χ1) is 16.0. The topological polar surface area (TPSA) is 23.6 Å². The molecule has 0 aliphatic carbocycles. The van der Waals surface area contributed by atoms with E-state index in [-0.39, 0.29) is 11.7 Å². The molecule has 2 aliphatic heterocycles. The Morgan fingerprint density at radius 3 is 2.45 bits per heavy atom. The van der Waals surface area contributed by atoms with Gasteiger partial charge in [0.05, 0.1) is 8.66 Å². The molecule has 174 valence electrons. The monoisotopic (exact) mass is 610 g/mol. The van der Waals surface area contributed by atoms with Crippen molar-refractivity contribution in [3.8, 4) is 0 Å². The van der Waals surface area contributed by atoms with Crippen molar-refractivity contribution >= 4 is 60.4 Å². The van der Waals surface area contributed by atoms with Crippen molar-refractivity contribution in [1.29, 1.82) is 0 Å². The first kappa shape index (κ1) is 23.7. The Kier molecular flexibility index (Phi) is 7.37. The second-order valence-electron chi connectivity index (χ2n) is 8.99. The molecule has 2 atom stereocenters. The quantitative estimate of drug-likeness (QED) is 0.304. The van der Waals surface area contributed by atoms with Crippen molar-refractivity contribution in [2.75, 3.05) is 32.7 Å². The molecule has 1 amide bonds. The second kappa shape index (κ2) is 10.3. The third-order valence-corrected chi connectivity index (χ3v) is 10.9. The predicted molar refractivity (Wildman–Crippen MR) is 141 cm³/mol. The van der Waals surface area contributed by atoms with Crippen molar-refractivity contribution in [2.24, 2.45) is 5.92 Å². The Bertz CT molecular complexity index is 1070. The van der Waals surface area contributed by atoms with E-state index in [9.17, 15) is 9.18 Å². The van der Waals surface area contributed by atoms with E-state index in [1.165, 1.54) is 22.5 Å². The number of rotatable bonds is 5. The fraction of sp³-hybridized carbons (Fsp3) is 0.400. The molecule has 33 heavy (non-hydrogen) atoms. The summed E-state index contributed by atoms with van der Waals surface area (Å²) in [6.45, 7) is 4.68. The number of nitrogens with zero attached hydrogens (tertiary/aromatic N) is 2. The van der Waals surface area contributed by atoms with Gasteiger partial charge in [-0.1, -0.05) is 12.1 Å². The Balaban J connectivity index is 1.25. The van der Waals surface area contributed by atoms with E-state index < -0.39 is 0 Å². The van der Waals surface area contributed by atoms with Crippen molar-refractivity contribution in [1.82, 2.24) is 9.80 Å². The van der Waals surface area contributed by atoms with Crippen molar-refractivity contribution in [3.63, 3.8) is 0 Å². The molecule has 2 aromatic heterocycles. The molecule has 1 aromatic carbocycles. The van der Waals surface area contributed by atoms with Crippen LogP contribution >= 0.6 is 54.5 Å². The molecule has 0 bridgehead atoms. The summed E-state index contributed by atoms with van der Waals surface area (Å²) in [6, 6.07) is 11.2. The zero-order chi connectivity index (χ0) is 22.9. The van der Waals surface area contributed by atoms with E-state index in [1.54, 1.807) is 23.5 Å². The van der Waals surface area contributed by atoms with Crippen LogP contribution in [-0.2, 0) is 0 Å². The summed E-state index contributed by atoms with van der Waals surface area (Å²) >= 11 is 10.2. The average molecular weight is 612 g/mol. The van der Waals surface area contributed by atoms with E-state index >= 15 is 0 Å². The third kappa shape index (κ3) is 5.30. The Morgan fingerprint density at radius 1 is 1.06 bits per heavy atom. The number of hydrogen-bond donors (Lipinski definition) is 0. The highest BCUT2D eigenvalue weighted by Gasteiger charge is 2.38. The maximum absolute atomic E-state index is 13.3. The molecule has 3 aromatic rings. The van der Waals surface area contributed by atoms with Gasteiger partial charge in [-0.2, -0.15) is 11.3 Å². The molecule has 0 N–H and O–H groups in total. The fourth-order valence-electron chi connectivity index (χ4n) is 5.21. The van der Waals surface area contributed by atoms with Crippen molar-refractivity contribution in [3.05, 3.63) is 77.2 Å². The van der Waals surface area contributed by atoms with Crippen LogP contribution in [-0.4, -0.2) is 48.4 Å². The molecule has 0 radical (unpaired) electrons. The first-order valence-electron chi connectivity index (χ1n) is 11.2. The maximum Gasteiger partial charge on any atom is 0.264 e. The summed E-state index contributed by atoms with van der Waals surface area (Å²) in [4.78, 5) is 18.6. The number of thiophene rings is 2. The van der Waals surface area contributed by atoms with Gasteiger partial charge in [0.2, 0.25) is 0 Å². The third-order valence-electron chi connectivity index (χ3n) is 6.98. The zero-order valence-electron chi connectivity index (χ0n) is 18.1. The summed E-state index contributed by atoms with van der Waals surface area (Å²) in [7, 11) is 0. The lowest BCUT2D eigenvalue weighted by Gasteiger charge is -2.34. The van der Waals surface area contributed by atoms with Gasteiger partial charge in [0.25, 0.3) is 5.91 Å². The SMILES string of the molecule is O=C(c1cc(Br)c(Br)s1)N1CC(CN2CCC(c3ccc(F)cc3)CC2)C(c2ccsc2)C1. The molecule has 0 saturated carbocycles. The lowest BCUT2D eigenvalue weighted by atomic mass is 9.87. The van der Waals surface area contributed by atoms with Gasteiger partial charge < -0.3 is 9.80 Å². The lowest BCUT2D eigenvalue weighted by molar-refractivity contribution is 0.0786. The summed E-state index contributed by atoms with van der Waals surface area (Å²) in [6.07, 6.45) is 2.20. The predicted octanol–water partition coefficient (Wildman–Crippen LogP) is 7.21.